The fourth-order valence-corrected chi connectivity index (χ4v) is 1.71. The summed E-state index contributed by atoms with van der Waals surface area (Å²) in [5.41, 5.74) is 7.63. The van der Waals surface area contributed by atoms with Gasteiger partial charge in [-0.25, -0.2) is 0 Å². The average molecular weight is 231 g/mol. The molecule has 3 N–H and O–H groups in total. The van der Waals surface area contributed by atoms with Crippen LogP contribution in [0, 0.1) is 6.92 Å². The minimum atomic E-state index is -0.612. The fraction of sp³-hybridized carbons (Fsp3) is 0.286. The third-order valence-corrected chi connectivity index (χ3v) is 2.73. The van der Waals surface area contributed by atoms with Crippen molar-refractivity contribution in [1.29, 1.82) is 0 Å². The Morgan fingerprint density at radius 2 is 1.88 bits per heavy atom. The van der Waals surface area contributed by atoms with Gasteiger partial charge in [-0.3, -0.25) is 0 Å². The number of aliphatic hydroxyl groups excluding tert-OH is 1. The second kappa shape index (κ2) is 5.17. The number of hydrogen-bond acceptors (Lipinski definition) is 3. The van der Waals surface area contributed by atoms with Crippen molar-refractivity contribution >= 4 is 0 Å². The number of benzene rings is 1. The van der Waals surface area contributed by atoms with E-state index in [2.05, 4.69) is 0 Å². The van der Waals surface area contributed by atoms with Gasteiger partial charge in [0.25, 0.3) is 0 Å². The van der Waals surface area contributed by atoms with Gasteiger partial charge in [-0.1, -0.05) is 29.8 Å². The summed E-state index contributed by atoms with van der Waals surface area (Å²) >= 11 is 0. The lowest BCUT2D eigenvalue weighted by Gasteiger charge is -2.05. The van der Waals surface area contributed by atoms with E-state index in [9.17, 15) is 5.11 Å². The highest BCUT2D eigenvalue weighted by Gasteiger charge is 2.12. The minimum absolute atomic E-state index is 0.446. The number of hydrogen-bond donors (Lipinski definition) is 2. The molecule has 1 atom stereocenters. The van der Waals surface area contributed by atoms with Crippen LogP contribution in [0.2, 0.25) is 0 Å². The molecule has 0 spiro atoms. The molecule has 1 heterocycles. The predicted octanol–water partition coefficient (Wildman–Crippen LogP) is 2.64. The fourth-order valence-electron chi connectivity index (χ4n) is 1.71. The lowest BCUT2D eigenvalue weighted by Crippen LogP contribution is -2.05. The van der Waals surface area contributed by atoms with Gasteiger partial charge < -0.3 is 15.3 Å². The summed E-state index contributed by atoms with van der Waals surface area (Å²) in [5.74, 6) is 1.35. The molecule has 3 heteroatoms. The van der Waals surface area contributed by atoms with E-state index < -0.39 is 6.10 Å². The summed E-state index contributed by atoms with van der Waals surface area (Å²) in [7, 11) is 0. The Bertz CT molecular complexity index is 473. The van der Waals surface area contributed by atoms with Crippen molar-refractivity contribution in [3.05, 3.63) is 47.7 Å². The summed E-state index contributed by atoms with van der Waals surface area (Å²) in [5, 5.41) is 9.75. The van der Waals surface area contributed by atoms with Gasteiger partial charge in [-0.2, -0.15) is 0 Å². The molecular weight excluding hydrogens is 214 g/mol. The van der Waals surface area contributed by atoms with Crippen molar-refractivity contribution in [2.24, 2.45) is 5.73 Å². The van der Waals surface area contributed by atoms with Gasteiger partial charge >= 0.3 is 0 Å². The number of furan rings is 1. The zero-order valence-electron chi connectivity index (χ0n) is 9.89. The molecule has 0 unspecified atom stereocenters. The molecular formula is C14H17NO2. The summed E-state index contributed by atoms with van der Waals surface area (Å²) in [6.45, 7) is 2.49. The van der Waals surface area contributed by atoms with E-state index >= 15 is 0 Å². The zero-order valence-corrected chi connectivity index (χ0v) is 9.89. The van der Waals surface area contributed by atoms with Crippen LogP contribution in [-0.4, -0.2) is 11.7 Å². The lowest BCUT2D eigenvalue weighted by molar-refractivity contribution is 0.144. The molecule has 0 aliphatic carbocycles. The second-order valence-electron chi connectivity index (χ2n) is 4.16. The van der Waals surface area contributed by atoms with Crippen LogP contribution in [0.5, 0.6) is 0 Å². The van der Waals surface area contributed by atoms with Crippen molar-refractivity contribution in [2.75, 3.05) is 6.54 Å². The van der Waals surface area contributed by atoms with E-state index in [0.29, 0.717) is 18.7 Å². The van der Waals surface area contributed by atoms with Crippen LogP contribution in [0.25, 0.3) is 11.3 Å². The summed E-state index contributed by atoms with van der Waals surface area (Å²) < 4.78 is 5.62. The molecule has 0 fully saturated rings. The molecule has 17 heavy (non-hydrogen) atoms. The predicted molar refractivity (Wildman–Crippen MR) is 67.5 cm³/mol. The first-order chi connectivity index (χ1) is 8.20. The molecule has 0 radical (unpaired) electrons. The maximum absolute atomic E-state index is 9.75. The van der Waals surface area contributed by atoms with Crippen molar-refractivity contribution < 1.29 is 9.52 Å². The van der Waals surface area contributed by atoms with Crippen LogP contribution in [0.3, 0.4) is 0 Å². The van der Waals surface area contributed by atoms with Crippen molar-refractivity contribution in [3.63, 3.8) is 0 Å². The van der Waals surface area contributed by atoms with Gasteiger partial charge in [-0.15, -0.1) is 0 Å². The molecule has 0 bridgehead atoms. The topological polar surface area (TPSA) is 59.4 Å². The quantitative estimate of drug-likeness (QED) is 0.850. The van der Waals surface area contributed by atoms with Crippen LogP contribution < -0.4 is 5.73 Å². The SMILES string of the molecule is Cc1ccc(-c2ccc([C@@H](O)CCN)o2)cc1. The van der Waals surface area contributed by atoms with Gasteiger partial charge in [-0.05, 0) is 32.0 Å². The van der Waals surface area contributed by atoms with Gasteiger partial charge in [0.2, 0.25) is 0 Å². The molecule has 3 nitrogen and oxygen atoms in total. The number of rotatable bonds is 4. The Balaban J connectivity index is 2.20. The van der Waals surface area contributed by atoms with Crippen molar-refractivity contribution in [3.8, 4) is 11.3 Å². The molecule has 0 saturated carbocycles. The van der Waals surface area contributed by atoms with Crippen LogP contribution in [0.15, 0.2) is 40.8 Å². The van der Waals surface area contributed by atoms with E-state index in [1.807, 2.05) is 37.3 Å². The van der Waals surface area contributed by atoms with Crippen molar-refractivity contribution in [2.45, 2.75) is 19.4 Å². The van der Waals surface area contributed by atoms with Gasteiger partial charge in [0, 0.05) is 5.56 Å². The molecule has 0 amide bonds. The van der Waals surface area contributed by atoms with E-state index in [1.165, 1.54) is 5.56 Å². The van der Waals surface area contributed by atoms with E-state index in [0.717, 1.165) is 11.3 Å². The van der Waals surface area contributed by atoms with Crippen LogP contribution in [0.4, 0.5) is 0 Å². The highest BCUT2D eigenvalue weighted by atomic mass is 16.4. The standard InChI is InChI=1S/C14H17NO2/c1-10-2-4-11(5-3-10)13-6-7-14(17-13)12(16)8-9-15/h2-7,12,16H,8-9,15H2,1H3/t12-/m0/s1. The van der Waals surface area contributed by atoms with Crippen LogP contribution >= 0.6 is 0 Å². The summed E-state index contributed by atoms with van der Waals surface area (Å²) in [6.07, 6.45) is -0.0971. The third-order valence-electron chi connectivity index (χ3n) is 2.73. The maximum atomic E-state index is 9.75. The highest BCUT2D eigenvalue weighted by molar-refractivity contribution is 5.57. The van der Waals surface area contributed by atoms with Crippen LogP contribution in [-0.2, 0) is 0 Å². The Hall–Kier alpha value is -1.58. The molecule has 1 aromatic carbocycles. The largest absolute Gasteiger partial charge is 0.458 e. The first-order valence-electron chi connectivity index (χ1n) is 5.75. The van der Waals surface area contributed by atoms with Crippen LogP contribution in [0.1, 0.15) is 23.8 Å². The third kappa shape index (κ3) is 2.75. The molecule has 90 valence electrons. The number of aryl methyl sites for hydroxylation is 1. The minimum Gasteiger partial charge on any atom is -0.458 e. The smallest absolute Gasteiger partial charge is 0.134 e. The summed E-state index contributed by atoms with van der Waals surface area (Å²) in [6, 6.07) is 11.8. The first kappa shape index (κ1) is 11.9. The van der Waals surface area contributed by atoms with Crippen molar-refractivity contribution in [1.82, 2.24) is 0 Å². The second-order valence-corrected chi connectivity index (χ2v) is 4.16. The molecule has 0 saturated heterocycles. The number of aliphatic hydroxyl groups is 1. The van der Waals surface area contributed by atoms with E-state index in [4.69, 9.17) is 10.2 Å². The molecule has 0 aliphatic rings. The Kier molecular flexibility index (Phi) is 3.61. The summed E-state index contributed by atoms with van der Waals surface area (Å²) in [4.78, 5) is 0. The van der Waals surface area contributed by atoms with Gasteiger partial charge in [0.05, 0.1) is 0 Å². The first-order valence-corrected chi connectivity index (χ1v) is 5.75. The van der Waals surface area contributed by atoms with E-state index in [1.54, 1.807) is 6.07 Å². The van der Waals surface area contributed by atoms with Gasteiger partial charge in [0.1, 0.15) is 17.6 Å². The normalized spacial score (nSPS) is 12.6. The Labute approximate surface area is 101 Å². The Morgan fingerprint density at radius 1 is 1.18 bits per heavy atom. The number of nitrogens with two attached hydrogens (primary N) is 1. The lowest BCUT2D eigenvalue weighted by atomic mass is 10.1. The maximum Gasteiger partial charge on any atom is 0.134 e. The monoisotopic (exact) mass is 231 g/mol. The average Bonchev–Trinajstić information content (AvgIpc) is 2.80. The van der Waals surface area contributed by atoms with Gasteiger partial charge in [0.15, 0.2) is 0 Å². The highest BCUT2D eigenvalue weighted by Crippen LogP contribution is 2.26. The van der Waals surface area contributed by atoms with E-state index in [-0.39, 0.29) is 0 Å². The zero-order chi connectivity index (χ0) is 12.3. The molecule has 2 rings (SSSR count). The molecule has 2 aromatic rings. The molecule has 1 aromatic heterocycles. The Morgan fingerprint density at radius 3 is 2.53 bits per heavy atom. The molecule has 0 aliphatic heterocycles.